The van der Waals surface area contributed by atoms with Gasteiger partial charge in [-0.2, -0.15) is 0 Å². The lowest BCUT2D eigenvalue weighted by Crippen LogP contribution is -2.11. The lowest BCUT2D eigenvalue weighted by Gasteiger charge is -2.04. The Bertz CT molecular complexity index is 621. The first-order valence-corrected chi connectivity index (χ1v) is 6.29. The van der Waals surface area contributed by atoms with Gasteiger partial charge in [-0.3, -0.25) is 4.79 Å². The standard InChI is InChI=1S/C13H10INO4/c1-8-5-6-11(18-8)12(16)15-10-4-2-3-9(7-10)13(17)19-14/h2-7H,1H3,(H,15,16). The summed E-state index contributed by atoms with van der Waals surface area (Å²) in [6.45, 7) is 1.76. The van der Waals surface area contributed by atoms with Crippen molar-refractivity contribution in [3.05, 3.63) is 53.5 Å². The fourth-order valence-electron chi connectivity index (χ4n) is 1.52. The summed E-state index contributed by atoms with van der Waals surface area (Å²) in [6.07, 6.45) is 0. The van der Waals surface area contributed by atoms with Crippen LogP contribution in [0.15, 0.2) is 40.8 Å². The van der Waals surface area contributed by atoms with Crippen LogP contribution in [0.2, 0.25) is 0 Å². The first-order chi connectivity index (χ1) is 9.10. The summed E-state index contributed by atoms with van der Waals surface area (Å²) >= 11 is 1.51. The maximum atomic E-state index is 11.9. The summed E-state index contributed by atoms with van der Waals surface area (Å²) in [5.74, 6) is 0.0467. The zero-order valence-corrected chi connectivity index (χ0v) is 12.1. The Morgan fingerprint density at radius 2 is 2.05 bits per heavy atom. The minimum Gasteiger partial charge on any atom is -0.456 e. The van der Waals surface area contributed by atoms with E-state index in [1.807, 2.05) is 0 Å². The van der Waals surface area contributed by atoms with Gasteiger partial charge < -0.3 is 12.8 Å². The number of furan rings is 1. The molecule has 19 heavy (non-hydrogen) atoms. The van der Waals surface area contributed by atoms with Gasteiger partial charge in [0.1, 0.15) is 5.76 Å². The molecule has 0 saturated heterocycles. The number of carbonyl (C=O) groups excluding carboxylic acids is 2. The predicted octanol–water partition coefficient (Wildman–Crippen LogP) is 3.35. The summed E-state index contributed by atoms with van der Waals surface area (Å²) in [5, 5.41) is 2.65. The van der Waals surface area contributed by atoms with Crippen LogP contribution in [0.4, 0.5) is 5.69 Å². The Labute approximate surface area is 123 Å². The number of anilines is 1. The van der Waals surface area contributed by atoms with Crippen LogP contribution in [0.25, 0.3) is 0 Å². The zero-order valence-electron chi connectivity index (χ0n) is 9.98. The first-order valence-electron chi connectivity index (χ1n) is 5.41. The lowest BCUT2D eigenvalue weighted by atomic mass is 10.2. The van der Waals surface area contributed by atoms with E-state index in [0.29, 0.717) is 17.0 Å². The topological polar surface area (TPSA) is 68.5 Å². The minimum absolute atomic E-state index is 0.222. The summed E-state index contributed by atoms with van der Waals surface area (Å²) < 4.78 is 9.80. The molecular formula is C13H10INO4. The van der Waals surface area contributed by atoms with E-state index >= 15 is 0 Å². The van der Waals surface area contributed by atoms with Crippen molar-refractivity contribution in [2.24, 2.45) is 0 Å². The Balaban J connectivity index is 2.15. The van der Waals surface area contributed by atoms with E-state index in [-0.39, 0.29) is 11.7 Å². The van der Waals surface area contributed by atoms with Crippen molar-refractivity contribution in [1.82, 2.24) is 0 Å². The highest BCUT2D eigenvalue weighted by Gasteiger charge is 2.12. The molecule has 98 valence electrons. The molecule has 0 aliphatic heterocycles. The van der Waals surface area contributed by atoms with E-state index in [1.54, 1.807) is 37.3 Å². The monoisotopic (exact) mass is 371 g/mol. The van der Waals surface area contributed by atoms with E-state index in [0.717, 1.165) is 0 Å². The number of hydrogen-bond acceptors (Lipinski definition) is 4. The van der Waals surface area contributed by atoms with Crippen molar-refractivity contribution < 1.29 is 17.1 Å². The Hall–Kier alpha value is -1.83. The molecule has 0 radical (unpaired) electrons. The molecule has 0 aliphatic carbocycles. The third-order valence-electron chi connectivity index (χ3n) is 2.39. The summed E-state index contributed by atoms with van der Waals surface area (Å²) in [4.78, 5) is 23.2. The molecule has 0 bridgehead atoms. The molecule has 0 unspecified atom stereocenters. The van der Waals surface area contributed by atoms with Crippen LogP contribution < -0.4 is 5.32 Å². The molecule has 1 N–H and O–H groups in total. The van der Waals surface area contributed by atoms with Crippen LogP contribution in [0.5, 0.6) is 0 Å². The fraction of sp³-hybridized carbons (Fsp3) is 0.0769. The van der Waals surface area contributed by atoms with E-state index in [4.69, 9.17) is 4.42 Å². The van der Waals surface area contributed by atoms with Crippen LogP contribution in [0.3, 0.4) is 0 Å². The number of nitrogens with one attached hydrogen (secondary N) is 1. The van der Waals surface area contributed by atoms with E-state index < -0.39 is 5.97 Å². The normalized spacial score (nSPS) is 10.0. The molecular weight excluding hydrogens is 361 g/mol. The third kappa shape index (κ3) is 3.34. The van der Waals surface area contributed by atoms with Crippen molar-refractivity contribution in [2.45, 2.75) is 6.92 Å². The number of rotatable bonds is 3. The maximum absolute atomic E-state index is 11.9. The molecule has 0 aliphatic rings. The molecule has 0 atom stereocenters. The molecule has 2 aromatic rings. The average Bonchev–Trinajstić information content (AvgIpc) is 2.85. The number of carbonyl (C=O) groups is 2. The predicted molar refractivity (Wildman–Crippen MR) is 77.3 cm³/mol. The van der Waals surface area contributed by atoms with Crippen LogP contribution in [-0.2, 0) is 3.07 Å². The van der Waals surface area contributed by atoms with Gasteiger partial charge in [0.2, 0.25) is 0 Å². The van der Waals surface area contributed by atoms with Crippen LogP contribution >= 0.6 is 23.0 Å². The molecule has 2 rings (SSSR count). The summed E-state index contributed by atoms with van der Waals surface area (Å²) in [7, 11) is 0. The minimum atomic E-state index is -0.467. The summed E-state index contributed by atoms with van der Waals surface area (Å²) in [5.41, 5.74) is 0.862. The van der Waals surface area contributed by atoms with Crippen molar-refractivity contribution in [1.29, 1.82) is 0 Å². The molecule has 1 aromatic carbocycles. The second-order valence-corrected chi connectivity index (χ2v) is 4.25. The molecule has 1 aromatic heterocycles. The molecule has 0 saturated carbocycles. The molecule has 0 spiro atoms. The second-order valence-electron chi connectivity index (χ2n) is 3.81. The number of hydrogen-bond donors (Lipinski definition) is 1. The van der Waals surface area contributed by atoms with E-state index in [2.05, 4.69) is 8.38 Å². The van der Waals surface area contributed by atoms with E-state index in [9.17, 15) is 9.59 Å². The van der Waals surface area contributed by atoms with Gasteiger partial charge in [0.05, 0.1) is 5.56 Å². The molecule has 1 amide bonds. The summed E-state index contributed by atoms with van der Waals surface area (Å²) in [6, 6.07) is 9.78. The highest BCUT2D eigenvalue weighted by molar-refractivity contribution is 14.1. The third-order valence-corrected chi connectivity index (χ3v) is 2.79. The van der Waals surface area contributed by atoms with Crippen molar-refractivity contribution in [2.75, 3.05) is 5.32 Å². The Morgan fingerprint density at radius 3 is 2.68 bits per heavy atom. The highest BCUT2D eigenvalue weighted by Crippen LogP contribution is 2.15. The first kappa shape index (κ1) is 13.6. The van der Waals surface area contributed by atoms with Crippen molar-refractivity contribution >= 4 is 40.6 Å². The van der Waals surface area contributed by atoms with Gasteiger partial charge in [-0.25, -0.2) is 4.79 Å². The van der Waals surface area contributed by atoms with Gasteiger partial charge in [-0.05, 0) is 37.3 Å². The maximum Gasteiger partial charge on any atom is 0.347 e. The highest BCUT2D eigenvalue weighted by atomic mass is 127. The quantitative estimate of drug-likeness (QED) is 0.841. The molecule has 6 heteroatoms. The van der Waals surface area contributed by atoms with Crippen LogP contribution in [-0.4, -0.2) is 11.9 Å². The second kappa shape index (κ2) is 5.87. The fourth-order valence-corrected chi connectivity index (χ4v) is 1.77. The van der Waals surface area contributed by atoms with Gasteiger partial charge in [0.15, 0.2) is 28.8 Å². The largest absolute Gasteiger partial charge is 0.456 e. The van der Waals surface area contributed by atoms with Crippen LogP contribution in [0, 0.1) is 6.92 Å². The molecule has 5 nitrogen and oxygen atoms in total. The van der Waals surface area contributed by atoms with Crippen molar-refractivity contribution in [3.8, 4) is 0 Å². The Morgan fingerprint density at radius 1 is 1.26 bits per heavy atom. The van der Waals surface area contributed by atoms with E-state index in [1.165, 1.54) is 29.1 Å². The Kier molecular flexibility index (Phi) is 4.20. The van der Waals surface area contributed by atoms with Gasteiger partial charge in [0.25, 0.3) is 5.91 Å². The van der Waals surface area contributed by atoms with Gasteiger partial charge in [0, 0.05) is 5.69 Å². The number of amides is 1. The SMILES string of the molecule is Cc1ccc(C(=O)Nc2cccc(C(=O)OI)c2)o1. The van der Waals surface area contributed by atoms with Crippen LogP contribution in [0.1, 0.15) is 26.7 Å². The smallest absolute Gasteiger partial charge is 0.347 e. The lowest BCUT2D eigenvalue weighted by molar-refractivity contribution is 0.0799. The number of aryl methyl sites for hydroxylation is 1. The van der Waals surface area contributed by atoms with Gasteiger partial charge in [-0.1, -0.05) is 6.07 Å². The number of benzene rings is 1. The van der Waals surface area contributed by atoms with Gasteiger partial charge in [-0.15, -0.1) is 0 Å². The molecule has 0 fully saturated rings. The average molecular weight is 371 g/mol. The van der Waals surface area contributed by atoms with Gasteiger partial charge >= 0.3 is 5.97 Å². The molecule has 1 heterocycles. The zero-order chi connectivity index (χ0) is 13.8. The number of halogens is 1. The van der Waals surface area contributed by atoms with Crippen molar-refractivity contribution in [3.63, 3.8) is 0 Å².